The minimum absolute atomic E-state index is 0.000726. The van der Waals surface area contributed by atoms with Gasteiger partial charge >= 0.3 is 0 Å². The summed E-state index contributed by atoms with van der Waals surface area (Å²) in [6.45, 7) is 6.27. The molecule has 1 N–H and O–H groups in total. The standard InChI is InChI=1S/C10H17N3O/c1-10(2,3)13(4)9-11-5-8(7-14)6-12-9/h5-6,14H,7H2,1-4H3. The van der Waals surface area contributed by atoms with Gasteiger partial charge in [0.15, 0.2) is 0 Å². The molecule has 0 amide bonds. The molecule has 0 unspecified atom stereocenters. The molecule has 0 radical (unpaired) electrons. The van der Waals surface area contributed by atoms with E-state index in [9.17, 15) is 0 Å². The maximum Gasteiger partial charge on any atom is 0.225 e. The number of nitrogens with zero attached hydrogens (tertiary/aromatic N) is 3. The molecule has 1 aromatic heterocycles. The Morgan fingerprint density at radius 3 is 2.14 bits per heavy atom. The summed E-state index contributed by atoms with van der Waals surface area (Å²) in [5.41, 5.74) is 0.733. The van der Waals surface area contributed by atoms with E-state index in [1.54, 1.807) is 12.4 Å². The van der Waals surface area contributed by atoms with Gasteiger partial charge in [-0.15, -0.1) is 0 Å². The van der Waals surface area contributed by atoms with Gasteiger partial charge in [0, 0.05) is 30.5 Å². The molecule has 14 heavy (non-hydrogen) atoms. The van der Waals surface area contributed by atoms with E-state index in [0.717, 1.165) is 5.56 Å². The lowest BCUT2D eigenvalue weighted by atomic mass is 10.1. The van der Waals surface area contributed by atoms with Gasteiger partial charge < -0.3 is 10.0 Å². The fourth-order valence-electron chi connectivity index (χ4n) is 0.903. The molecule has 0 aromatic carbocycles. The minimum Gasteiger partial charge on any atom is -0.392 e. The molecular weight excluding hydrogens is 178 g/mol. The zero-order valence-corrected chi connectivity index (χ0v) is 9.15. The van der Waals surface area contributed by atoms with E-state index in [1.165, 1.54) is 0 Å². The SMILES string of the molecule is CN(c1ncc(CO)cn1)C(C)(C)C. The summed E-state index contributed by atoms with van der Waals surface area (Å²) in [6, 6.07) is 0. The Labute approximate surface area is 84.6 Å². The van der Waals surface area contributed by atoms with Crippen LogP contribution in [0.3, 0.4) is 0 Å². The molecule has 4 heteroatoms. The topological polar surface area (TPSA) is 49.2 Å². The molecule has 78 valence electrons. The fourth-order valence-corrected chi connectivity index (χ4v) is 0.903. The monoisotopic (exact) mass is 195 g/mol. The highest BCUT2D eigenvalue weighted by atomic mass is 16.3. The van der Waals surface area contributed by atoms with Crippen molar-refractivity contribution >= 4 is 5.95 Å². The van der Waals surface area contributed by atoms with Gasteiger partial charge in [0.05, 0.1) is 6.61 Å². The fraction of sp³-hybridized carbons (Fsp3) is 0.600. The molecule has 0 spiro atoms. The first kappa shape index (κ1) is 10.9. The van der Waals surface area contributed by atoms with Gasteiger partial charge in [-0.05, 0) is 20.8 Å². The summed E-state index contributed by atoms with van der Waals surface area (Å²) in [5, 5.41) is 8.83. The number of hydrogen-bond acceptors (Lipinski definition) is 4. The summed E-state index contributed by atoms with van der Waals surface area (Å²) in [7, 11) is 1.95. The van der Waals surface area contributed by atoms with E-state index in [1.807, 2.05) is 11.9 Å². The van der Waals surface area contributed by atoms with Crippen LogP contribution in [-0.4, -0.2) is 27.7 Å². The largest absolute Gasteiger partial charge is 0.392 e. The zero-order valence-electron chi connectivity index (χ0n) is 9.15. The molecule has 0 saturated heterocycles. The molecule has 1 aromatic rings. The highest BCUT2D eigenvalue weighted by Crippen LogP contribution is 2.16. The van der Waals surface area contributed by atoms with Crippen molar-refractivity contribution in [2.75, 3.05) is 11.9 Å². The maximum absolute atomic E-state index is 8.83. The molecule has 1 heterocycles. The van der Waals surface area contributed by atoms with Crippen molar-refractivity contribution in [1.82, 2.24) is 9.97 Å². The van der Waals surface area contributed by atoms with E-state index in [2.05, 4.69) is 30.7 Å². The third-order valence-electron chi connectivity index (χ3n) is 2.18. The van der Waals surface area contributed by atoms with Crippen molar-refractivity contribution in [1.29, 1.82) is 0 Å². The summed E-state index contributed by atoms with van der Waals surface area (Å²) >= 11 is 0. The van der Waals surface area contributed by atoms with Gasteiger partial charge in [-0.2, -0.15) is 0 Å². The Hall–Kier alpha value is -1.16. The number of anilines is 1. The van der Waals surface area contributed by atoms with E-state index in [-0.39, 0.29) is 12.1 Å². The summed E-state index contributed by atoms with van der Waals surface area (Å²) in [4.78, 5) is 10.3. The Morgan fingerprint density at radius 1 is 1.29 bits per heavy atom. The number of rotatable bonds is 2. The first-order chi connectivity index (χ1) is 6.45. The normalized spacial score (nSPS) is 11.5. The van der Waals surface area contributed by atoms with Crippen LogP contribution in [-0.2, 0) is 6.61 Å². The molecule has 0 bridgehead atoms. The summed E-state index contributed by atoms with van der Waals surface area (Å²) < 4.78 is 0. The predicted octanol–water partition coefficient (Wildman–Crippen LogP) is 1.20. The second-order valence-electron chi connectivity index (χ2n) is 4.28. The third-order valence-corrected chi connectivity index (χ3v) is 2.18. The lowest BCUT2D eigenvalue weighted by Gasteiger charge is -2.31. The van der Waals surface area contributed by atoms with E-state index in [0.29, 0.717) is 5.95 Å². The second kappa shape index (κ2) is 3.92. The lowest BCUT2D eigenvalue weighted by molar-refractivity contribution is 0.281. The van der Waals surface area contributed by atoms with Crippen LogP contribution in [0.15, 0.2) is 12.4 Å². The van der Waals surface area contributed by atoms with E-state index < -0.39 is 0 Å². The van der Waals surface area contributed by atoms with Gasteiger partial charge in [0.1, 0.15) is 0 Å². The van der Waals surface area contributed by atoms with Gasteiger partial charge in [0.25, 0.3) is 0 Å². The average Bonchev–Trinajstić information content (AvgIpc) is 2.15. The molecule has 0 fully saturated rings. The van der Waals surface area contributed by atoms with Gasteiger partial charge in [-0.25, -0.2) is 9.97 Å². The number of aliphatic hydroxyl groups is 1. The van der Waals surface area contributed by atoms with Crippen LogP contribution in [0.1, 0.15) is 26.3 Å². The molecule has 0 aliphatic carbocycles. The average molecular weight is 195 g/mol. The second-order valence-corrected chi connectivity index (χ2v) is 4.28. The summed E-state index contributed by atoms with van der Waals surface area (Å²) in [6.07, 6.45) is 3.29. The molecular formula is C10H17N3O. The highest BCUT2D eigenvalue weighted by molar-refractivity contribution is 5.31. The smallest absolute Gasteiger partial charge is 0.225 e. The first-order valence-electron chi connectivity index (χ1n) is 4.61. The molecule has 1 rings (SSSR count). The van der Waals surface area contributed by atoms with E-state index in [4.69, 9.17) is 5.11 Å². The Kier molecular flexibility index (Phi) is 3.06. The summed E-state index contributed by atoms with van der Waals surface area (Å²) in [5.74, 6) is 0.676. The van der Waals surface area contributed by atoms with Gasteiger partial charge in [-0.1, -0.05) is 0 Å². The van der Waals surface area contributed by atoms with E-state index >= 15 is 0 Å². The van der Waals surface area contributed by atoms with Crippen molar-refractivity contribution in [3.8, 4) is 0 Å². The molecule has 4 nitrogen and oxygen atoms in total. The third kappa shape index (κ3) is 2.42. The first-order valence-corrected chi connectivity index (χ1v) is 4.61. The maximum atomic E-state index is 8.83. The van der Waals surface area contributed by atoms with Crippen LogP contribution in [0.25, 0.3) is 0 Å². The molecule has 0 aliphatic rings. The van der Waals surface area contributed by atoms with Crippen molar-refractivity contribution < 1.29 is 5.11 Å². The van der Waals surface area contributed by atoms with Crippen molar-refractivity contribution in [2.24, 2.45) is 0 Å². The molecule has 0 atom stereocenters. The predicted molar refractivity (Wildman–Crippen MR) is 56.1 cm³/mol. The minimum atomic E-state index is -0.0144. The quantitative estimate of drug-likeness (QED) is 0.770. The van der Waals surface area contributed by atoms with Crippen LogP contribution < -0.4 is 4.90 Å². The number of aromatic nitrogens is 2. The lowest BCUT2D eigenvalue weighted by Crippen LogP contribution is -2.39. The highest BCUT2D eigenvalue weighted by Gasteiger charge is 2.19. The molecule has 0 saturated carbocycles. The number of aliphatic hydroxyl groups excluding tert-OH is 1. The van der Waals surface area contributed by atoms with Crippen LogP contribution in [0.5, 0.6) is 0 Å². The van der Waals surface area contributed by atoms with Crippen molar-refractivity contribution in [2.45, 2.75) is 32.9 Å². The van der Waals surface area contributed by atoms with Crippen LogP contribution >= 0.6 is 0 Å². The van der Waals surface area contributed by atoms with Gasteiger partial charge in [0.2, 0.25) is 5.95 Å². The van der Waals surface area contributed by atoms with Crippen LogP contribution in [0, 0.1) is 0 Å². The molecule has 0 aliphatic heterocycles. The van der Waals surface area contributed by atoms with Crippen molar-refractivity contribution in [3.05, 3.63) is 18.0 Å². The van der Waals surface area contributed by atoms with Crippen molar-refractivity contribution in [3.63, 3.8) is 0 Å². The zero-order chi connectivity index (χ0) is 10.8. The Balaban J connectivity index is 2.87. The number of hydrogen-bond donors (Lipinski definition) is 1. The Bertz CT molecular complexity index is 289. The van der Waals surface area contributed by atoms with Crippen LogP contribution in [0.2, 0.25) is 0 Å². The van der Waals surface area contributed by atoms with Gasteiger partial charge in [-0.3, -0.25) is 0 Å². The Morgan fingerprint density at radius 2 is 1.79 bits per heavy atom. The van der Waals surface area contributed by atoms with Crippen LogP contribution in [0.4, 0.5) is 5.95 Å².